The van der Waals surface area contributed by atoms with Crippen LogP contribution in [-0.2, 0) is 11.8 Å². The minimum Gasteiger partial charge on any atom is -0.371 e. The maximum Gasteiger partial charge on any atom is 0.254 e. The summed E-state index contributed by atoms with van der Waals surface area (Å²) in [6, 6.07) is 4.72. The number of amides is 2. The molecule has 2 aliphatic rings. The number of aliphatic imine (C=N–C) groups is 1. The first-order valence-corrected chi connectivity index (χ1v) is 12.3. The van der Waals surface area contributed by atoms with Crippen LogP contribution in [0.2, 0.25) is 0 Å². The van der Waals surface area contributed by atoms with Crippen molar-refractivity contribution >= 4 is 23.2 Å². The van der Waals surface area contributed by atoms with E-state index in [0.717, 1.165) is 53.6 Å². The summed E-state index contributed by atoms with van der Waals surface area (Å²) < 4.78 is 1.76. The number of benzene rings is 1. The summed E-state index contributed by atoms with van der Waals surface area (Å²) in [5.41, 5.74) is 12.2. The molecule has 186 valence electrons. The highest BCUT2D eigenvalue weighted by atomic mass is 16.2. The molecule has 1 unspecified atom stereocenters. The van der Waals surface area contributed by atoms with Gasteiger partial charge in [-0.2, -0.15) is 5.10 Å². The van der Waals surface area contributed by atoms with Crippen molar-refractivity contribution in [2.24, 2.45) is 23.7 Å². The fourth-order valence-corrected chi connectivity index (χ4v) is 5.17. The van der Waals surface area contributed by atoms with Crippen molar-refractivity contribution < 1.29 is 9.59 Å². The van der Waals surface area contributed by atoms with Crippen molar-refractivity contribution in [3.05, 3.63) is 47.3 Å². The third kappa shape index (κ3) is 5.37. The van der Waals surface area contributed by atoms with Gasteiger partial charge in [-0.25, -0.2) is 4.99 Å². The van der Waals surface area contributed by atoms with Gasteiger partial charge in [0, 0.05) is 61.4 Å². The maximum atomic E-state index is 13.4. The molecule has 1 aromatic heterocycles. The van der Waals surface area contributed by atoms with Crippen LogP contribution in [0.4, 0.5) is 5.69 Å². The van der Waals surface area contributed by atoms with Crippen LogP contribution in [-0.4, -0.2) is 53.0 Å². The van der Waals surface area contributed by atoms with Crippen LogP contribution < -0.4 is 16.0 Å². The number of aromatic nitrogens is 2. The lowest BCUT2D eigenvalue weighted by molar-refractivity contribution is -0.120. The van der Waals surface area contributed by atoms with Gasteiger partial charge in [0.25, 0.3) is 11.8 Å². The second-order valence-electron chi connectivity index (χ2n) is 9.99. The van der Waals surface area contributed by atoms with Crippen molar-refractivity contribution in [2.75, 3.05) is 18.5 Å². The fraction of sp³-hybridized carbons (Fsp3) is 0.481. The Morgan fingerprint density at radius 2 is 1.89 bits per heavy atom. The van der Waals surface area contributed by atoms with Crippen LogP contribution in [0.1, 0.15) is 55.5 Å². The predicted octanol–water partition coefficient (Wildman–Crippen LogP) is 3.40. The predicted molar refractivity (Wildman–Crippen MR) is 140 cm³/mol. The van der Waals surface area contributed by atoms with Crippen LogP contribution in [0.3, 0.4) is 0 Å². The molecule has 0 radical (unpaired) electrons. The lowest BCUT2D eigenvalue weighted by Crippen LogP contribution is -2.39. The number of hydrogen-bond donors (Lipinski definition) is 2. The Morgan fingerprint density at radius 3 is 2.51 bits per heavy atom. The second-order valence-corrected chi connectivity index (χ2v) is 9.99. The molecule has 1 aromatic carbocycles. The number of dihydropyridines is 1. The van der Waals surface area contributed by atoms with Gasteiger partial charge < -0.3 is 16.0 Å². The number of carbonyl (C=O) groups is 2. The highest BCUT2D eigenvalue weighted by Crippen LogP contribution is 2.34. The van der Waals surface area contributed by atoms with Crippen molar-refractivity contribution in [2.45, 2.75) is 58.5 Å². The highest BCUT2D eigenvalue weighted by molar-refractivity contribution is 6.06. The summed E-state index contributed by atoms with van der Waals surface area (Å²) >= 11 is 0. The Labute approximate surface area is 207 Å². The van der Waals surface area contributed by atoms with Gasteiger partial charge in [0.1, 0.15) is 0 Å². The van der Waals surface area contributed by atoms with E-state index in [1.54, 1.807) is 4.68 Å². The summed E-state index contributed by atoms with van der Waals surface area (Å²) in [5.74, 6) is -0.835. The number of nitrogens with zero attached hydrogens (tertiary/aromatic N) is 4. The summed E-state index contributed by atoms with van der Waals surface area (Å²) in [7, 11) is 3.98. The smallest absolute Gasteiger partial charge is 0.254 e. The normalized spacial score (nSPS) is 22.5. The van der Waals surface area contributed by atoms with E-state index in [2.05, 4.69) is 33.4 Å². The Kier molecular flexibility index (Phi) is 7.21. The molecule has 0 spiro atoms. The number of nitrogens with one attached hydrogen (secondary N) is 1. The van der Waals surface area contributed by atoms with Crippen molar-refractivity contribution in [1.82, 2.24) is 15.1 Å². The number of anilines is 1. The zero-order valence-electron chi connectivity index (χ0n) is 21.3. The number of rotatable bonds is 6. The lowest BCUT2D eigenvalue weighted by Gasteiger charge is -2.36. The molecule has 1 atom stereocenters. The Hall–Kier alpha value is -3.26. The Bertz CT molecular complexity index is 1190. The topological polar surface area (TPSA) is 106 Å². The van der Waals surface area contributed by atoms with Crippen LogP contribution in [0.25, 0.3) is 11.1 Å². The van der Waals surface area contributed by atoms with Crippen molar-refractivity contribution in [1.29, 1.82) is 0 Å². The number of hydrogen-bond acceptors (Lipinski definition) is 5. The van der Waals surface area contributed by atoms with Gasteiger partial charge in [0.05, 0.1) is 12.1 Å². The summed E-state index contributed by atoms with van der Waals surface area (Å²) in [6.07, 6.45) is 9.74. The molecule has 8 nitrogen and oxygen atoms in total. The monoisotopic (exact) mass is 476 g/mol. The lowest BCUT2D eigenvalue weighted by atomic mass is 9.89. The molecule has 2 aromatic rings. The zero-order valence-corrected chi connectivity index (χ0v) is 21.3. The Morgan fingerprint density at radius 1 is 1.17 bits per heavy atom. The molecular formula is C27H36N6O2. The number of carbonyl (C=O) groups excluding carboxylic acids is 2. The van der Waals surface area contributed by atoms with Gasteiger partial charge in [-0.1, -0.05) is 5.57 Å². The fourth-order valence-electron chi connectivity index (χ4n) is 5.17. The number of allylic oxidation sites excluding steroid dienone is 1. The maximum absolute atomic E-state index is 13.4. The van der Waals surface area contributed by atoms with E-state index in [0.29, 0.717) is 17.3 Å². The van der Waals surface area contributed by atoms with Crippen molar-refractivity contribution in [3.8, 4) is 11.1 Å². The van der Waals surface area contributed by atoms with E-state index in [9.17, 15) is 9.59 Å². The minimum absolute atomic E-state index is 0.194. The molecule has 3 N–H and O–H groups in total. The number of nitrogens with two attached hydrogens (primary N) is 1. The molecule has 4 rings (SSSR count). The van der Waals surface area contributed by atoms with Gasteiger partial charge in [-0.15, -0.1) is 0 Å². The van der Waals surface area contributed by atoms with Gasteiger partial charge >= 0.3 is 0 Å². The molecule has 0 saturated heterocycles. The zero-order chi connectivity index (χ0) is 25.3. The minimum atomic E-state index is -0.432. The first kappa shape index (κ1) is 24.9. The van der Waals surface area contributed by atoms with Gasteiger partial charge in [0.15, 0.2) is 0 Å². The van der Waals surface area contributed by atoms with Gasteiger partial charge in [0.2, 0.25) is 0 Å². The summed E-state index contributed by atoms with van der Waals surface area (Å²) in [5, 5.41) is 7.31. The first-order valence-electron chi connectivity index (χ1n) is 12.3. The average molecular weight is 477 g/mol. The van der Waals surface area contributed by atoms with Crippen LogP contribution >= 0.6 is 0 Å². The standard InChI is InChI=1S/C27H36N6O2/c1-16-10-17(2)31-27(35)24(16)14-29-26(34)23-11-19(20-13-30-32(4)15-20)12-25(18(23)3)33(5)22-8-6-21(28)7-9-22/h10-13,15,21-22,24H,6-9,14,28H2,1-5H3,(H,29,34). The van der Waals surface area contributed by atoms with Crippen LogP contribution in [0.15, 0.2) is 41.2 Å². The molecule has 2 amide bonds. The van der Waals surface area contributed by atoms with E-state index in [4.69, 9.17) is 5.73 Å². The summed E-state index contributed by atoms with van der Waals surface area (Å²) in [4.78, 5) is 32.2. The molecule has 1 fully saturated rings. The molecule has 0 bridgehead atoms. The van der Waals surface area contributed by atoms with Gasteiger partial charge in [-0.05, 0) is 75.8 Å². The second kappa shape index (κ2) is 10.2. The van der Waals surface area contributed by atoms with E-state index in [-0.39, 0.29) is 24.4 Å². The van der Waals surface area contributed by atoms with E-state index in [1.165, 1.54) is 0 Å². The quantitative estimate of drug-likeness (QED) is 0.665. The molecule has 35 heavy (non-hydrogen) atoms. The molecule has 2 heterocycles. The molecule has 1 aliphatic carbocycles. The first-order chi connectivity index (χ1) is 16.6. The third-order valence-electron chi connectivity index (χ3n) is 7.37. The average Bonchev–Trinajstić information content (AvgIpc) is 3.24. The van der Waals surface area contributed by atoms with E-state index in [1.807, 2.05) is 52.4 Å². The summed E-state index contributed by atoms with van der Waals surface area (Å²) in [6.45, 7) is 5.93. The van der Waals surface area contributed by atoms with Crippen molar-refractivity contribution in [3.63, 3.8) is 0 Å². The molecule has 8 heteroatoms. The molecule has 1 aliphatic heterocycles. The van der Waals surface area contributed by atoms with Crippen LogP contribution in [0.5, 0.6) is 0 Å². The van der Waals surface area contributed by atoms with Gasteiger partial charge in [-0.3, -0.25) is 14.3 Å². The van der Waals surface area contributed by atoms with E-state index < -0.39 is 5.92 Å². The Balaban J connectivity index is 1.63. The molecular weight excluding hydrogens is 440 g/mol. The SMILES string of the molecule is CC1=CC(C)=NC(=O)C1CNC(=O)c1cc(-c2cnn(C)c2)cc(N(C)C2CCC(N)CC2)c1C. The third-order valence-corrected chi connectivity index (χ3v) is 7.37. The largest absolute Gasteiger partial charge is 0.371 e. The van der Waals surface area contributed by atoms with Crippen LogP contribution in [0, 0.1) is 12.8 Å². The molecule has 1 saturated carbocycles. The van der Waals surface area contributed by atoms with E-state index >= 15 is 0 Å². The number of aryl methyl sites for hydroxylation is 1. The highest BCUT2D eigenvalue weighted by Gasteiger charge is 2.27.